The molecule has 1 spiro atoms. The molecule has 18 heavy (non-hydrogen) atoms. The minimum absolute atomic E-state index is 0.152. The van der Waals surface area contributed by atoms with Gasteiger partial charge in [0.25, 0.3) is 0 Å². The summed E-state index contributed by atoms with van der Waals surface area (Å²) in [5.74, 6) is 2.46. The highest BCUT2D eigenvalue weighted by Crippen LogP contribution is 2.49. The van der Waals surface area contributed by atoms with Crippen LogP contribution in [0.1, 0.15) is 25.7 Å². The van der Waals surface area contributed by atoms with Crippen LogP contribution >= 0.6 is 0 Å². The molecule has 3 atom stereocenters. The van der Waals surface area contributed by atoms with Crippen molar-refractivity contribution in [3.63, 3.8) is 0 Å². The molecule has 1 saturated carbocycles. The summed E-state index contributed by atoms with van der Waals surface area (Å²) in [6.45, 7) is 1.67. The molecule has 0 amide bonds. The predicted molar refractivity (Wildman–Crippen MR) is 69.2 cm³/mol. The highest BCUT2D eigenvalue weighted by atomic mass is 15.5. The Morgan fingerprint density at radius 1 is 1.39 bits per heavy atom. The second-order valence-electron chi connectivity index (χ2n) is 5.95. The van der Waals surface area contributed by atoms with Crippen molar-refractivity contribution in [3.8, 4) is 0 Å². The summed E-state index contributed by atoms with van der Waals surface area (Å²) < 4.78 is 0. The van der Waals surface area contributed by atoms with Crippen molar-refractivity contribution in [3.05, 3.63) is 0 Å². The van der Waals surface area contributed by atoms with Crippen LogP contribution in [-0.2, 0) is 0 Å². The fourth-order valence-electron chi connectivity index (χ4n) is 4.27. The lowest BCUT2D eigenvalue weighted by Crippen LogP contribution is -2.73. The van der Waals surface area contributed by atoms with Gasteiger partial charge in [-0.2, -0.15) is 0 Å². The molecule has 0 aromatic rings. The number of nitrogens with two attached hydrogens (primary N) is 1. The van der Waals surface area contributed by atoms with Gasteiger partial charge in [0.15, 0.2) is 11.9 Å². The van der Waals surface area contributed by atoms with Gasteiger partial charge < -0.3 is 21.3 Å². The summed E-state index contributed by atoms with van der Waals surface area (Å²) in [6.07, 6.45) is 5.17. The van der Waals surface area contributed by atoms with E-state index in [9.17, 15) is 0 Å². The molecule has 5 N–H and O–H groups in total. The molecule has 0 aromatic carbocycles. The minimum atomic E-state index is -0.197. The lowest BCUT2D eigenvalue weighted by atomic mass is 9.68. The molecule has 4 rings (SSSR count). The second kappa shape index (κ2) is 3.30. The lowest BCUT2D eigenvalue weighted by Gasteiger charge is -2.50. The Kier molecular flexibility index (Phi) is 1.92. The highest BCUT2D eigenvalue weighted by Gasteiger charge is 2.62. The fourth-order valence-corrected chi connectivity index (χ4v) is 4.27. The second-order valence-corrected chi connectivity index (χ2v) is 5.95. The monoisotopic (exact) mass is 248 g/mol. The van der Waals surface area contributed by atoms with E-state index in [1.807, 2.05) is 0 Å². The molecule has 6 heteroatoms. The first-order chi connectivity index (χ1) is 8.72. The number of guanidine groups is 2. The molecule has 6 nitrogen and oxygen atoms in total. The van der Waals surface area contributed by atoms with E-state index in [1.54, 1.807) is 0 Å². The average molecular weight is 248 g/mol. The SMILES string of the molecule is N=C1NC[C@@H]2N=C(N)N[C@@]23C(C2CCC2)CCN13. The van der Waals surface area contributed by atoms with Gasteiger partial charge in [0.05, 0.1) is 0 Å². The predicted octanol–water partition coefficient (Wildman–Crippen LogP) is -0.371. The van der Waals surface area contributed by atoms with E-state index in [1.165, 1.54) is 19.3 Å². The van der Waals surface area contributed by atoms with E-state index in [4.69, 9.17) is 11.1 Å². The molecular formula is C12H20N6. The Morgan fingerprint density at radius 3 is 2.94 bits per heavy atom. The zero-order valence-electron chi connectivity index (χ0n) is 10.4. The van der Waals surface area contributed by atoms with Crippen LogP contribution in [0.5, 0.6) is 0 Å². The molecule has 1 aliphatic carbocycles. The van der Waals surface area contributed by atoms with Crippen LogP contribution < -0.4 is 16.4 Å². The Bertz CT molecular complexity index is 428. The maximum Gasteiger partial charge on any atom is 0.193 e. The minimum Gasteiger partial charge on any atom is -0.370 e. The zero-order chi connectivity index (χ0) is 12.3. The molecule has 0 radical (unpaired) electrons. The van der Waals surface area contributed by atoms with Gasteiger partial charge in [-0.25, -0.2) is 4.99 Å². The van der Waals surface area contributed by atoms with Gasteiger partial charge in [-0.15, -0.1) is 0 Å². The van der Waals surface area contributed by atoms with E-state index in [-0.39, 0.29) is 11.7 Å². The molecule has 3 aliphatic heterocycles. The summed E-state index contributed by atoms with van der Waals surface area (Å²) in [5, 5.41) is 14.7. The summed E-state index contributed by atoms with van der Waals surface area (Å²) in [7, 11) is 0. The van der Waals surface area contributed by atoms with E-state index in [0.717, 1.165) is 25.4 Å². The first-order valence-electron chi connectivity index (χ1n) is 6.93. The van der Waals surface area contributed by atoms with Crippen molar-refractivity contribution in [2.75, 3.05) is 13.1 Å². The van der Waals surface area contributed by atoms with Crippen molar-refractivity contribution in [1.29, 1.82) is 5.41 Å². The van der Waals surface area contributed by atoms with Crippen molar-refractivity contribution < 1.29 is 0 Å². The van der Waals surface area contributed by atoms with Gasteiger partial charge in [-0.3, -0.25) is 5.41 Å². The molecule has 0 aromatic heterocycles. The van der Waals surface area contributed by atoms with Gasteiger partial charge in [0.1, 0.15) is 11.7 Å². The van der Waals surface area contributed by atoms with Crippen LogP contribution in [0.15, 0.2) is 4.99 Å². The van der Waals surface area contributed by atoms with Gasteiger partial charge in [0.2, 0.25) is 0 Å². The van der Waals surface area contributed by atoms with E-state index >= 15 is 0 Å². The van der Waals surface area contributed by atoms with Crippen LogP contribution in [0.4, 0.5) is 0 Å². The standard InChI is InChI=1S/C12H20N6/c13-10-16-9-6-15-11(14)18-5-4-8(7-2-1-3-7)12(9,18)17-10/h7-9H,1-6H2,(H2,14,15)(H3,13,16,17)/t8?,9-,12+/m0/s1. The van der Waals surface area contributed by atoms with Crippen molar-refractivity contribution in [2.45, 2.75) is 37.4 Å². The first-order valence-corrected chi connectivity index (χ1v) is 6.93. The number of aliphatic imine (C=N–C) groups is 1. The van der Waals surface area contributed by atoms with Crippen molar-refractivity contribution in [1.82, 2.24) is 15.5 Å². The van der Waals surface area contributed by atoms with Gasteiger partial charge >= 0.3 is 0 Å². The highest BCUT2D eigenvalue weighted by molar-refractivity contribution is 5.86. The summed E-state index contributed by atoms with van der Waals surface area (Å²) >= 11 is 0. The quantitative estimate of drug-likeness (QED) is 0.510. The fraction of sp³-hybridized carbons (Fsp3) is 0.833. The topological polar surface area (TPSA) is 89.5 Å². The van der Waals surface area contributed by atoms with Crippen LogP contribution in [0.3, 0.4) is 0 Å². The van der Waals surface area contributed by atoms with Gasteiger partial charge in [0, 0.05) is 19.0 Å². The van der Waals surface area contributed by atoms with Gasteiger partial charge in [-0.1, -0.05) is 19.3 Å². The van der Waals surface area contributed by atoms with Crippen molar-refractivity contribution >= 4 is 11.9 Å². The van der Waals surface area contributed by atoms with E-state index in [2.05, 4.69) is 20.5 Å². The zero-order valence-corrected chi connectivity index (χ0v) is 10.4. The molecule has 3 heterocycles. The number of rotatable bonds is 1. The number of hydrogen-bond acceptors (Lipinski definition) is 4. The van der Waals surface area contributed by atoms with Crippen LogP contribution in [0.2, 0.25) is 0 Å². The van der Waals surface area contributed by atoms with Crippen LogP contribution in [0, 0.1) is 17.2 Å². The summed E-state index contributed by atoms with van der Waals surface area (Å²) in [6, 6.07) is 0.152. The molecule has 1 unspecified atom stereocenters. The van der Waals surface area contributed by atoms with E-state index < -0.39 is 0 Å². The van der Waals surface area contributed by atoms with Gasteiger partial charge in [-0.05, 0) is 12.3 Å². The Hall–Kier alpha value is -1.46. The number of hydrogen-bond donors (Lipinski definition) is 4. The third kappa shape index (κ3) is 1.09. The maximum absolute atomic E-state index is 8.12. The van der Waals surface area contributed by atoms with E-state index in [0.29, 0.717) is 17.8 Å². The maximum atomic E-state index is 8.12. The Labute approximate surface area is 107 Å². The number of nitrogens with zero attached hydrogens (tertiary/aromatic N) is 2. The molecule has 0 bridgehead atoms. The molecule has 3 fully saturated rings. The Balaban J connectivity index is 1.74. The van der Waals surface area contributed by atoms with Crippen LogP contribution in [0.25, 0.3) is 0 Å². The lowest BCUT2D eigenvalue weighted by molar-refractivity contribution is 0.0487. The molecular weight excluding hydrogens is 228 g/mol. The molecule has 4 aliphatic rings. The Morgan fingerprint density at radius 2 is 2.22 bits per heavy atom. The average Bonchev–Trinajstić information content (AvgIpc) is 2.78. The molecule has 2 saturated heterocycles. The molecule has 98 valence electrons. The third-order valence-corrected chi connectivity index (χ3v) is 5.26. The van der Waals surface area contributed by atoms with Crippen LogP contribution in [-0.4, -0.2) is 41.6 Å². The summed E-state index contributed by atoms with van der Waals surface area (Å²) in [4.78, 5) is 6.71. The smallest absolute Gasteiger partial charge is 0.193 e. The normalized spacial score (nSPS) is 42.6. The largest absolute Gasteiger partial charge is 0.370 e. The first kappa shape index (κ1) is 10.5. The number of nitrogens with one attached hydrogen (secondary N) is 3. The van der Waals surface area contributed by atoms with Crippen molar-refractivity contribution in [2.24, 2.45) is 22.6 Å². The summed E-state index contributed by atoms with van der Waals surface area (Å²) in [5.41, 5.74) is 5.73. The third-order valence-electron chi connectivity index (χ3n) is 5.26.